The van der Waals surface area contributed by atoms with Crippen molar-refractivity contribution in [1.82, 2.24) is 0 Å². The van der Waals surface area contributed by atoms with E-state index in [1.807, 2.05) is 6.07 Å². The van der Waals surface area contributed by atoms with Gasteiger partial charge in [0.2, 0.25) is 0 Å². The number of rotatable bonds is 5. The summed E-state index contributed by atoms with van der Waals surface area (Å²) in [6, 6.07) is 12.2. The van der Waals surface area contributed by atoms with Crippen molar-refractivity contribution in [3.8, 4) is 17.2 Å². The molecule has 1 aliphatic rings. The van der Waals surface area contributed by atoms with Crippen LogP contribution in [0.3, 0.4) is 0 Å². The van der Waals surface area contributed by atoms with E-state index in [4.69, 9.17) is 14.2 Å². The second kappa shape index (κ2) is 7.12. The van der Waals surface area contributed by atoms with Crippen molar-refractivity contribution < 1.29 is 23.8 Å². The minimum Gasteiger partial charge on any atom is -0.493 e. The fourth-order valence-corrected chi connectivity index (χ4v) is 2.43. The van der Waals surface area contributed by atoms with E-state index < -0.39 is 0 Å². The zero-order valence-electron chi connectivity index (χ0n) is 13.9. The molecule has 0 bridgehead atoms. The Morgan fingerprint density at radius 1 is 1.24 bits per heavy atom. The highest BCUT2D eigenvalue weighted by Gasteiger charge is 2.22. The van der Waals surface area contributed by atoms with Crippen LogP contribution >= 0.6 is 0 Å². The lowest BCUT2D eigenvalue weighted by Crippen LogP contribution is -2.35. The third kappa shape index (κ3) is 3.65. The molecule has 1 aliphatic heterocycles. The Morgan fingerprint density at radius 2 is 2.00 bits per heavy atom. The fraction of sp³-hybridized carbons (Fsp3) is 0.222. The average molecular weight is 342 g/mol. The molecule has 0 radical (unpaired) electrons. The quantitative estimate of drug-likeness (QED) is 0.900. The van der Waals surface area contributed by atoms with Crippen LogP contribution in [-0.4, -0.2) is 39.2 Å². The number of para-hydroxylation sites is 2. The van der Waals surface area contributed by atoms with Gasteiger partial charge in [0.1, 0.15) is 5.75 Å². The van der Waals surface area contributed by atoms with Gasteiger partial charge in [0, 0.05) is 12.7 Å². The number of fused-ring (bicyclic) bond motifs is 1. The summed E-state index contributed by atoms with van der Waals surface area (Å²) in [5.74, 6) is 1.18. The maximum atomic E-state index is 12.1. The molecule has 0 unspecified atom stereocenters. The second-order valence-corrected chi connectivity index (χ2v) is 5.41. The molecule has 1 N–H and O–H groups in total. The molecule has 0 spiro atoms. The van der Waals surface area contributed by atoms with Crippen LogP contribution in [0.1, 0.15) is 0 Å². The standard InChI is InChI=1S/C18H18N2O5/c1-20-13-9-12(7-8-14(13)25-11-18(20)22)19-17(21)10-24-16-6-4-3-5-15(16)23-2/h3-9H,10-11H2,1-2H3,(H,19,21). The number of hydrogen-bond donors (Lipinski definition) is 1. The molecule has 0 aromatic heterocycles. The summed E-state index contributed by atoms with van der Waals surface area (Å²) < 4.78 is 16.0. The number of carbonyl (C=O) groups excluding carboxylic acids is 2. The van der Waals surface area contributed by atoms with Crippen LogP contribution in [0.5, 0.6) is 17.2 Å². The number of nitrogens with one attached hydrogen (secondary N) is 1. The van der Waals surface area contributed by atoms with Gasteiger partial charge in [-0.05, 0) is 30.3 Å². The molecule has 1 heterocycles. The van der Waals surface area contributed by atoms with Gasteiger partial charge in [0.05, 0.1) is 12.8 Å². The minimum atomic E-state index is -0.323. The number of ether oxygens (including phenoxy) is 3. The Morgan fingerprint density at radius 3 is 2.76 bits per heavy atom. The SMILES string of the molecule is COc1ccccc1OCC(=O)Nc1ccc2c(c1)N(C)C(=O)CO2. The highest BCUT2D eigenvalue weighted by atomic mass is 16.5. The van der Waals surface area contributed by atoms with Crippen molar-refractivity contribution in [1.29, 1.82) is 0 Å². The molecule has 3 rings (SSSR count). The molecule has 25 heavy (non-hydrogen) atoms. The van der Waals surface area contributed by atoms with Crippen molar-refractivity contribution in [2.24, 2.45) is 0 Å². The van der Waals surface area contributed by atoms with Crippen molar-refractivity contribution in [2.45, 2.75) is 0 Å². The maximum absolute atomic E-state index is 12.1. The second-order valence-electron chi connectivity index (χ2n) is 5.41. The molecular formula is C18H18N2O5. The average Bonchev–Trinajstić information content (AvgIpc) is 2.63. The van der Waals surface area contributed by atoms with E-state index >= 15 is 0 Å². The van der Waals surface area contributed by atoms with Crippen LogP contribution in [0, 0.1) is 0 Å². The maximum Gasteiger partial charge on any atom is 0.264 e. The van der Waals surface area contributed by atoms with E-state index in [1.165, 1.54) is 12.0 Å². The van der Waals surface area contributed by atoms with E-state index in [0.717, 1.165) is 0 Å². The van der Waals surface area contributed by atoms with E-state index in [9.17, 15) is 9.59 Å². The van der Waals surface area contributed by atoms with E-state index in [0.29, 0.717) is 28.6 Å². The van der Waals surface area contributed by atoms with Crippen LogP contribution in [0.15, 0.2) is 42.5 Å². The Labute approximate surface area is 145 Å². The fourth-order valence-electron chi connectivity index (χ4n) is 2.43. The molecule has 0 saturated heterocycles. The van der Waals surface area contributed by atoms with Gasteiger partial charge in [-0.3, -0.25) is 9.59 Å². The lowest BCUT2D eigenvalue weighted by atomic mass is 10.2. The smallest absolute Gasteiger partial charge is 0.264 e. The first kappa shape index (κ1) is 16.6. The van der Waals surface area contributed by atoms with Crippen LogP contribution in [0.4, 0.5) is 11.4 Å². The van der Waals surface area contributed by atoms with Crippen molar-refractivity contribution in [3.05, 3.63) is 42.5 Å². The summed E-state index contributed by atoms with van der Waals surface area (Å²) in [7, 11) is 3.20. The molecule has 2 amide bonds. The van der Waals surface area contributed by atoms with E-state index in [2.05, 4.69) is 5.32 Å². The largest absolute Gasteiger partial charge is 0.493 e. The van der Waals surface area contributed by atoms with Gasteiger partial charge in [0.25, 0.3) is 11.8 Å². The number of likely N-dealkylation sites (N-methyl/N-ethyl adjacent to an activating group) is 1. The normalized spacial score (nSPS) is 12.9. The van der Waals surface area contributed by atoms with Crippen LogP contribution < -0.4 is 24.4 Å². The molecule has 7 heteroatoms. The topological polar surface area (TPSA) is 77.1 Å². The predicted octanol–water partition coefficient (Wildman–Crippen LogP) is 2.07. The third-order valence-electron chi connectivity index (χ3n) is 3.76. The Balaban J connectivity index is 1.64. The lowest BCUT2D eigenvalue weighted by Gasteiger charge is -2.26. The van der Waals surface area contributed by atoms with Gasteiger partial charge < -0.3 is 24.4 Å². The summed E-state index contributed by atoms with van der Waals surface area (Å²) in [6.45, 7) is -0.148. The summed E-state index contributed by atoms with van der Waals surface area (Å²) in [5.41, 5.74) is 1.16. The molecule has 0 fully saturated rings. The zero-order chi connectivity index (χ0) is 17.8. The Kier molecular flexibility index (Phi) is 4.74. The van der Waals surface area contributed by atoms with E-state index in [-0.39, 0.29) is 25.0 Å². The Bertz CT molecular complexity index is 806. The van der Waals surface area contributed by atoms with Gasteiger partial charge in [-0.15, -0.1) is 0 Å². The van der Waals surface area contributed by atoms with Gasteiger partial charge >= 0.3 is 0 Å². The summed E-state index contributed by atoms with van der Waals surface area (Å²) in [5, 5.41) is 2.74. The van der Waals surface area contributed by atoms with Crippen LogP contribution in [0.2, 0.25) is 0 Å². The van der Waals surface area contributed by atoms with Gasteiger partial charge in [-0.2, -0.15) is 0 Å². The first-order chi connectivity index (χ1) is 12.1. The van der Waals surface area contributed by atoms with Gasteiger partial charge in [-0.25, -0.2) is 0 Å². The van der Waals surface area contributed by atoms with Crippen molar-refractivity contribution in [2.75, 3.05) is 37.6 Å². The molecular weight excluding hydrogens is 324 g/mol. The number of anilines is 2. The summed E-state index contributed by atoms with van der Waals surface area (Å²) in [4.78, 5) is 25.3. The molecule has 2 aromatic carbocycles. The Hall–Kier alpha value is -3.22. The van der Waals surface area contributed by atoms with E-state index in [1.54, 1.807) is 43.4 Å². The summed E-state index contributed by atoms with van der Waals surface area (Å²) >= 11 is 0. The molecule has 0 saturated carbocycles. The molecule has 7 nitrogen and oxygen atoms in total. The number of hydrogen-bond acceptors (Lipinski definition) is 5. The molecule has 0 aliphatic carbocycles. The highest BCUT2D eigenvalue weighted by Crippen LogP contribution is 2.33. The number of carbonyl (C=O) groups is 2. The third-order valence-corrected chi connectivity index (χ3v) is 3.76. The number of benzene rings is 2. The summed E-state index contributed by atoms with van der Waals surface area (Å²) in [6.07, 6.45) is 0. The van der Waals surface area contributed by atoms with Crippen molar-refractivity contribution >= 4 is 23.2 Å². The van der Waals surface area contributed by atoms with Gasteiger partial charge in [0.15, 0.2) is 24.7 Å². The van der Waals surface area contributed by atoms with Crippen molar-refractivity contribution in [3.63, 3.8) is 0 Å². The molecule has 2 aromatic rings. The highest BCUT2D eigenvalue weighted by molar-refractivity contribution is 5.99. The lowest BCUT2D eigenvalue weighted by molar-refractivity contribution is -0.121. The number of methoxy groups -OCH3 is 1. The molecule has 0 atom stereocenters. The van der Waals surface area contributed by atoms with Crippen LogP contribution in [-0.2, 0) is 9.59 Å². The first-order valence-corrected chi connectivity index (χ1v) is 7.67. The zero-order valence-corrected chi connectivity index (χ0v) is 13.9. The predicted molar refractivity (Wildman–Crippen MR) is 92.5 cm³/mol. The van der Waals surface area contributed by atoms with Crippen LogP contribution in [0.25, 0.3) is 0 Å². The minimum absolute atomic E-state index is 0.0158. The monoisotopic (exact) mass is 342 g/mol. The number of nitrogens with zero attached hydrogens (tertiary/aromatic N) is 1. The molecule has 130 valence electrons. The first-order valence-electron chi connectivity index (χ1n) is 7.67. The number of amides is 2. The van der Waals surface area contributed by atoms with Gasteiger partial charge in [-0.1, -0.05) is 12.1 Å².